The molecule has 0 spiro atoms. The lowest BCUT2D eigenvalue weighted by Gasteiger charge is -2.30. The Balaban J connectivity index is 2.24. The molecular weight excluding hydrogens is 343 g/mol. The van der Waals surface area contributed by atoms with Crippen molar-refractivity contribution in [2.45, 2.75) is 20.3 Å². The molecule has 10 heteroatoms. The van der Waals surface area contributed by atoms with Gasteiger partial charge in [-0.15, -0.1) is 0 Å². The van der Waals surface area contributed by atoms with Crippen LogP contribution in [0.15, 0.2) is 0 Å². The van der Waals surface area contributed by atoms with Crippen LogP contribution in [0, 0.1) is 5.41 Å². The van der Waals surface area contributed by atoms with Crippen LogP contribution in [0.5, 0.6) is 0 Å². The first-order valence-corrected chi connectivity index (χ1v) is 10.7. The molecule has 23 heavy (non-hydrogen) atoms. The van der Waals surface area contributed by atoms with Gasteiger partial charge in [-0.2, -0.15) is 5.48 Å². The molecule has 0 amide bonds. The van der Waals surface area contributed by atoms with Crippen molar-refractivity contribution in [1.29, 1.82) is 0 Å². The van der Waals surface area contributed by atoms with Gasteiger partial charge in [0.1, 0.15) is 6.61 Å². The van der Waals surface area contributed by atoms with E-state index in [4.69, 9.17) is 9.47 Å². The molecular formula is C13H27N2O6PS. The van der Waals surface area contributed by atoms with Crippen molar-refractivity contribution in [1.82, 2.24) is 10.4 Å². The van der Waals surface area contributed by atoms with Crippen LogP contribution in [0.3, 0.4) is 0 Å². The van der Waals surface area contributed by atoms with Gasteiger partial charge in [0.05, 0.1) is 18.6 Å². The van der Waals surface area contributed by atoms with Gasteiger partial charge in [-0.05, 0) is 38.2 Å². The topological polar surface area (TPSA) is 97.3 Å². The molecule has 1 saturated heterocycles. The number of rotatable bonds is 10. The van der Waals surface area contributed by atoms with E-state index in [9.17, 15) is 14.3 Å². The Morgan fingerprint density at radius 1 is 1.43 bits per heavy atom. The third-order valence-corrected chi connectivity index (χ3v) is 6.33. The summed E-state index contributed by atoms with van der Waals surface area (Å²) in [5.41, 5.74) is 1.58. The Morgan fingerprint density at radius 3 is 2.70 bits per heavy atom. The summed E-state index contributed by atoms with van der Waals surface area (Å²) in [6, 6.07) is 0. The molecule has 1 rings (SSSR count). The van der Waals surface area contributed by atoms with Gasteiger partial charge in [-0.25, -0.2) is 9.19 Å². The molecule has 0 aromatic rings. The van der Waals surface area contributed by atoms with Crippen LogP contribution < -0.4 is 5.48 Å². The lowest BCUT2D eigenvalue weighted by molar-refractivity contribution is -0.153. The van der Waals surface area contributed by atoms with Gasteiger partial charge in [0.25, 0.3) is 0 Å². The number of nitrogens with zero attached hydrogens (tertiary/aromatic N) is 1. The van der Waals surface area contributed by atoms with E-state index in [1.807, 2.05) is 13.8 Å². The van der Waals surface area contributed by atoms with Gasteiger partial charge in [-0.3, -0.25) is 9.69 Å². The summed E-state index contributed by atoms with van der Waals surface area (Å²) >= 11 is 0.719. The smallest absolute Gasteiger partial charge is 0.402 e. The zero-order chi connectivity index (χ0) is 17.3. The van der Waals surface area contributed by atoms with Crippen molar-refractivity contribution in [3.8, 4) is 0 Å². The zero-order valence-electron chi connectivity index (χ0n) is 13.9. The van der Waals surface area contributed by atoms with Gasteiger partial charge in [0.15, 0.2) is 0 Å². The molecule has 2 N–H and O–H groups in total. The van der Waals surface area contributed by atoms with E-state index in [2.05, 4.69) is 15.0 Å². The average Bonchev–Trinajstić information content (AvgIpc) is 2.50. The number of hydroxylamine groups is 1. The lowest BCUT2D eigenvalue weighted by Crippen LogP contribution is -2.39. The minimum atomic E-state index is -3.73. The van der Waals surface area contributed by atoms with E-state index in [1.165, 1.54) is 7.05 Å². The molecule has 1 aliphatic heterocycles. The third-order valence-electron chi connectivity index (χ3n) is 3.49. The van der Waals surface area contributed by atoms with Crippen molar-refractivity contribution in [2.24, 2.45) is 5.41 Å². The van der Waals surface area contributed by atoms with E-state index < -0.39 is 12.2 Å². The monoisotopic (exact) mass is 370 g/mol. The van der Waals surface area contributed by atoms with E-state index in [0.717, 1.165) is 44.2 Å². The molecule has 1 aliphatic rings. The molecule has 1 unspecified atom stereocenters. The molecule has 0 aromatic carbocycles. The number of hydrogen-bond donors (Lipinski definition) is 2. The van der Waals surface area contributed by atoms with Crippen LogP contribution in [-0.4, -0.2) is 68.0 Å². The number of morpholine rings is 1. The number of ether oxygens (including phenoxy) is 2. The first kappa shape index (κ1) is 20.9. The summed E-state index contributed by atoms with van der Waals surface area (Å²) in [4.78, 5) is 23.8. The molecule has 136 valence electrons. The van der Waals surface area contributed by atoms with Crippen LogP contribution in [0.2, 0.25) is 0 Å². The number of nitrogens with one attached hydrogen (secondary N) is 1. The normalized spacial score (nSPS) is 19.3. The Bertz CT molecular complexity index is 417. The van der Waals surface area contributed by atoms with Gasteiger partial charge >= 0.3 is 12.8 Å². The quantitative estimate of drug-likeness (QED) is 0.255. The number of carbonyl (C=O) groups is 1. The van der Waals surface area contributed by atoms with E-state index in [0.29, 0.717) is 6.42 Å². The summed E-state index contributed by atoms with van der Waals surface area (Å²) in [6.07, 6.45) is 0.695. The average molecular weight is 370 g/mol. The van der Waals surface area contributed by atoms with Crippen LogP contribution in [0.4, 0.5) is 0 Å². The van der Waals surface area contributed by atoms with Crippen molar-refractivity contribution in [2.75, 3.05) is 52.3 Å². The van der Waals surface area contributed by atoms with Crippen molar-refractivity contribution < 1.29 is 28.4 Å². The van der Waals surface area contributed by atoms with E-state index in [1.54, 1.807) is 0 Å². The molecule has 1 atom stereocenters. The van der Waals surface area contributed by atoms with Crippen molar-refractivity contribution in [3.05, 3.63) is 0 Å². The van der Waals surface area contributed by atoms with Gasteiger partial charge in [-0.1, -0.05) is 0 Å². The van der Waals surface area contributed by atoms with E-state index >= 15 is 0 Å². The fourth-order valence-electron chi connectivity index (χ4n) is 1.99. The second-order valence-electron chi connectivity index (χ2n) is 5.82. The highest BCUT2D eigenvalue weighted by atomic mass is 32.7. The standard InChI is InChI=1S/C13H27N2O6PS/c1-13(2,4-5-15-6-8-19-9-7-15)12(16)20-10-11-23-22(17,18)21-14-3/h14H,4-11H2,1-3H3,(H,17,18). The minimum Gasteiger partial charge on any atom is -0.464 e. The zero-order valence-corrected chi connectivity index (χ0v) is 15.7. The first-order valence-electron chi connectivity index (χ1n) is 7.57. The molecule has 0 aliphatic carbocycles. The second kappa shape index (κ2) is 9.98. The van der Waals surface area contributed by atoms with Crippen molar-refractivity contribution >= 4 is 24.1 Å². The maximum Gasteiger partial charge on any atom is 0.402 e. The maximum atomic E-state index is 12.1. The molecule has 0 bridgehead atoms. The molecule has 0 radical (unpaired) electrons. The fourth-order valence-corrected chi connectivity index (χ4v) is 3.96. The Kier molecular flexibility index (Phi) is 9.07. The number of carbonyl (C=O) groups excluding carboxylic acids is 1. The summed E-state index contributed by atoms with van der Waals surface area (Å²) in [5, 5.41) is 0. The highest BCUT2D eigenvalue weighted by molar-refractivity contribution is 8.54. The highest BCUT2D eigenvalue weighted by Crippen LogP contribution is 2.54. The molecule has 8 nitrogen and oxygen atoms in total. The number of esters is 1. The van der Waals surface area contributed by atoms with Crippen LogP contribution in [0.25, 0.3) is 0 Å². The van der Waals surface area contributed by atoms with Crippen LogP contribution in [0.1, 0.15) is 20.3 Å². The van der Waals surface area contributed by atoms with Gasteiger partial charge in [0.2, 0.25) is 0 Å². The summed E-state index contributed by atoms with van der Waals surface area (Å²) in [6.45, 7) is 4.11. The maximum absolute atomic E-state index is 12.1. The Morgan fingerprint density at radius 2 is 2.09 bits per heavy atom. The van der Waals surface area contributed by atoms with Crippen LogP contribution >= 0.6 is 18.2 Å². The van der Waals surface area contributed by atoms with Gasteiger partial charge < -0.3 is 14.4 Å². The molecule has 1 heterocycles. The van der Waals surface area contributed by atoms with Crippen molar-refractivity contribution in [3.63, 3.8) is 0 Å². The largest absolute Gasteiger partial charge is 0.464 e. The lowest BCUT2D eigenvalue weighted by atomic mass is 9.89. The number of hydrogen-bond acceptors (Lipinski definition) is 8. The molecule has 0 saturated carbocycles. The minimum absolute atomic E-state index is 0.0715. The highest BCUT2D eigenvalue weighted by Gasteiger charge is 2.30. The molecule has 0 aromatic heterocycles. The summed E-state index contributed by atoms with van der Waals surface area (Å²) in [5.74, 6) is -0.102. The summed E-state index contributed by atoms with van der Waals surface area (Å²) in [7, 11) is 1.40. The van der Waals surface area contributed by atoms with Gasteiger partial charge in [0, 0.05) is 25.9 Å². The second-order valence-corrected chi connectivity index (χ2v) is 9.77. The Labute approximate surface area is 141 Å². The van der Waals surface area contributed by atoms with Crippen LogP contribution in [-0.2, 0) is 23.5 Å². The predicted octanol–water partition coefficient (Wildman–Crippen LogP) is 1.26. The fraction of sp³-hybridized carbons (Fsp3) is 0.923. The summed E-state index contributed by atoms with van der Waals surface area (Å²) < 4.78 is 26.4. The first-order chi connectivity index (χ1) is 10.8. The SMILES string of the molecule is CNOP(=O)(O)SCCOC(=O)C(C)(C)CCN1CCOCC1. The third kappa shape index (κ3) is 8.49. The van der Waals surface area contributed by atoms with E-state index in [-0.39, 0.29) is 18.3 Å². The Hall–Kier alpha value is -0.150. The molecule has 1 fully saturated rings. The predicted molar refractivity (Wildman–Crippen MR) is 89.0 cm³/mol.